The number of hydrogen-bond acceptors (Lipinski definition) is 8. The Morgan fingerprint density at radius 2 is 2.17 bits per heavy atom. The Morgan fingerprint density at radius 3 is 2.79 bits per heavy atom. The van der Waals surface area contributed by atoms with Gasteiger partial charge in [0.05, 0.1) is 18.0 Å². The second kappa shape index (κ2) is 7.27. The number of methoxy groups -OCH3 is 1. The summed E-state index contributed by atoms with van der Waals surface area (Å²) >= 11 is 0. The summed E-state index contributed by atoms with van der Waals surface area (Å²) < 4.78 is 15.2. The minimum Gasteiger partial charge on any atom is -0.546 e. The summed E-state index contributed by atoms with van der Waals surface area (Å²) in [6, 6.07) is 4.87. The topological polar surface area (TPSA) is 128 Å². The predicted molar refractivity (Wildman–Crippen MR) is 80.3 cm³/mol. The molecule has 24 heavy (non-hydrogen) atoms. The van der Waals surface area contributed by atoms with E-state index in [9.17, 15) is 20.0 Å². The van der Waals surface area contributed by atoms with Crippen LogP contribution >= 0.6 is 0 Å². The van der Waals surface area contributed by atoms with Gasteiger partial charge in [-0.15, -0.1) is 0 Å². The first kappa shape index (κ1) is 17.0. The zero-order valence-electron chi connectivity index (χ0n) is 12.8. The van der Waals surface area contributed by atoms with Crippen molar-refractivity contribution in [1.82, 2.24) is 5.16 Å². The molecule has 0 spiro atoms. The van der Waals surface area contributed by atoms with E-state index in [-0.39, 0.29) is 22.9 Å². The first-order chi connectivity index (χ1) is 11.4. The molecule has 0 aliphatic carbocycles. The highest BCUT2D eigenvalue weighted by molar-refractivity contribution is 5.76. The summed E-state index contributed by atoms with van der Waals surface area (Å²) in [5.41, 5.74) is 0.351. The molecule has 0 N–H and O–H groups in total. The summed E-state index contributed by atoms with van der Waals surface area (Å²) in [6.07, 6.45) is 2.82. The number of aryl methyl sites for hydroxylation is 1. The van der Waals surface area contributed by atoms with Gasteiger partial charge in [0.25, 0.3) is 0 Å². The van der Waals surface area contributed by atoms with Crippen LogP contribution in [0.5, 0.6) is 11.5 Å². The van der Waals surface area contributed by atoms with E-state index in [1.807, 2.05) is 0 Å². The molecule has 0 aliphatic heterocycles. The van der Waals surface area contributed by atoms with Gasteiger partial charge < -0.3 is 23.9 Å². The van der Waals surface area contributed by atoms with Crippen molar-refractivity contribution in [2.45, 2.75) is 6.92 Å². The van der Waals surface area contributed by atoms with Gasteiger partial charge in [-0.3, -0.25) is 10.1 Å². The van der Waals surface area contributed by atoms with Crippen LogP contribution in [0, 0.1) is 17.0 Å². The Kier molecular flexibility index (Phi) is 5.15. The number of ether oxygens (including phenoxy) is 2. The summed E-state index contributed by atoms with van der Waals surface area (Å²) in [6.45, 7) is 0.793. The Labute approximate surface area is 136 Å². The average molecular weight is 333 g/mol. The van der Waals surface area contributed by atoms with E-state index in [0.717, 1.165) is 0 Å². The molecular weight excluding hydrogens is 320 g/mol. The van der Waals surface area contributed by atoms with Gasteiger partial charge in [0.1, 0.15) is 6.61 Å². The number of rotatable bonds is 7. The molecule has 1 aromatic carbocycles. The van der Waals surface area contributed by atoms with Crippen LogP contribution in [0.4, 0.5) is 5.69 Å². The van der Waals surface area contributed by atoms with Crippen LogP contribution in [0.3, 0.4) is 0 Å². The van der Waals surface area contributed by atoms with Crippen LogP contribution in [-0.4, -0.2) is 29.8 Å². The first-order valence-electron chi connectivity index (χ1n) is 6.72. The number of carboxylic acid groups (broad SMARTS) is 1. The highest BCUT2D eigenvalue weighted by Crippen LogP contribution is 2.33. The molecule has 2 aromatic rings. The van der Waals surface area contributed by atoms with E-state index < -0.39 is 17.5 Å². The van der Waals surface area contributed by atoms with Crippen molar-refractivity contribution < 1.29 is 28.8 Å². The highest BCUT2D eigenvalue weighted by Gasteiger charge is 2.22. The lowest BCUT2D eigenvalue weighted by atomic mass is 10.1. The number of carbonyl (C=O) groups is 1. The predicted octanol–water partition coefficient (Wildman–Crippen LogP) is 1.20. The second-order valence-corrected chi connectivity index (χ2v) is 4.61. The normalized spacial score (nSPS) is 10.8. The molecule has 1 aromatic heterocycles. The molecule has 0 amide bonds. The van der Waals surface area contributed by atoms with Gasteiger partial charge in [-0.05, 0) is 25.1 Å². The quantitative estimate of drug-likeness (QED) is 0.546. The van der Waals surface area contributed by atoms with Crippen molar-refractivity contribution in [3.05, 3.63) is 45.3 Å². The van der Waals surface area contributed by atoms with Gasteiger partial charge >= 0.3 is 5.69 Å². The molecule has 9 nitrogen and oxygen atoms in total. The number of benzene rings is 1. The summed E-state index contributed by atoms with van der Waals surface area (Å²) in [5.74, 6) is -0.954. The standard InChI is InChI=1S/C15H14N2O7/c1-9-14(17(20)21)11(24-16-9)7-6-10-4-3-5-12(22-2)15(10)23-8-13(18)19/h3-7H,8H2,1-2H3,(H,18,19)/p-1/b7-6+. The number of aliphatic carboxylic acids is 1. The lowest BCUT2D eigenvalue weighted by Gasteiger charge is -2.13. The Bertz CT molecular complexity index is 795. The van der Waals surface area contributed by atoms with E-state index >= 15 is 0 Å². The average Bonchev–Trinajstić information content (AvgIpc) is 2.91. The molecule has 0 fully saturated rings. The minimum absolute atomic E-state index is 0.0360. The summed E-state index contributed by atoms with van der Waals surface area (Å²) in [7, 11) is 1.40. The zero-order valence-corrected chi connectivity index (χ0v) is 12.8. The molecule has 0 bridgehead atoms. The SMILES string of the molecule is COc1cccc(/C=C/c2onc(C)c2[N+](=O)[O-])c1OCC(=O)[O-]. The Balaban J connectivity index is 2.38. The third kappa shape index (κ3) is 3.69. The van der Waals surface area contributed by atoms with Crippen LogP contribution in [0.2, 0.25) is 0 Å². The van der Waals surface area contributed by atoms with Crippen molar-refractivity contribution in [1.29, 1.82) is 0 Å². The highest BCUT2D eigenvalue weighted by atomic mass is 16.6. The number of nitro groups is 1. The van der Waals surface area contributed by atoms with Gasteiger partial charge in [0, 0.05) is 5.56 Å². The first-order valence-corrected chi connectivity index (χ1v) is 6.72. The van der Waals surface area contributed by atoms with E-state index in [1.165, 1.54) is 26.2 Å². The van der Waals surface area contributed by atoms with Crippen molar-refractivity contribution in [3.8, 4) is 11.5 Å². The van der Waals surface area contributed by atoms with Crippen LogP contribution < -0.4 is 14.6 Å². The smallest absolute Gasteiger partial charge is 0.338 e. The van der Waals surface area contributed by atoms with E-state index in [2.05, 4.69) is 5.16 Å². The molecule has 0 radical (unpaired) electrons. The molecule has 0 saturated carbocycles. The van der Waals surface area contributed by atoms with Gasteiger partial charge in [0.15, 0.2) is 17.2 Å². The lowest BCUT2D eigenvalue weighted by Crippen LogP contribution is -2.29. The van der Waals surface area contributed by atoms with E-state index in [4.69, 9.17) is 14.0 Å². The summed E-state index contributed by atoms with van der Waals surface area (Å²) in [5, 5.41) is 25.2. The van der Waals surface area contributed by atoms with Crippen LogP contribution in [0.25, 0.3) is 12.2 Å². The largest absolute Gasteiger partial charge is 0.546 e. The third-order valence-electron chi connectivity index (χ3n) is 3.02. The number of carboxylic acids is 1. The van der Waals surface area contributed by atoms with Crippen LogP contribution in [0.1, 0.15) is 17.0 Å². The van der Waals surface area contributed by atoms with Crippen molar-refractivity contribution in [3.63, 3.8) is 0 Å². The number of carbonyl (C=O) groups excluding carboxylic acids is 1. The minimum atomic E-state index is -1.39. The van der Waals surface area contributed by atoms with Crippen LogP contribution in [-0.2, 0) is 4.79 Å². The molecule has 0 unspecified atom stereocenters. The lowest BCUT2D eigenvalue weighted by molar-refractivity contribution is -0.386. The zero-order chi connectivity index (χ0) is 17.7. The molecule has 0 aliphatic rings. The fourth-order valence-corrected chi connectivity index (χ4v) is 1.99. The third-order valence-corrected chi connectivity index (χ3v) is 3.02. The van der Waals surface area contributed by atoms with Crippen molar-refractivity contribution in [2.75, 3.05) is 13.7 Å². The Hall–Kier alpha value is -3.36. The maximum absolute atomic E-state index is 11.0. The maximum Gasteiger partial charge on any atom is 0.338 e. The number of aromatic nitrogens is 1. The fourth-order valence-electron chi connectivity index (χ4n) is 1.99. The second-order valence-electron chi connectivity index (χ2n) is 4.61. The van der Waals surface area contributed by atoms with Crippen molar-refractivity contribution >= 4 is 23.8 Å². The molecule has 0 atom stereocenters. The fraction of sp³-hybridized carbons (Fsp3) is 0.200. The monoisotopic (exact) mass is 333 g/mol. The Morgan fingerprint density at radius 1 is 1.42 bits per heavy atom. The molecule has 2 rings (SSSR count). The summed E-state index contributed by atoms with van der Waals surface area (Å²) in [4.78, 5) is 21.0. The van der Waals surface area contributed by atoms with E-state index in [0.29, 0.717) is 11.3 Å². The maximum atomic E-state index is 11.0. The molecule has 126 valence electrons. The van der Waals surface area contributed by atoms with Gasteiger partial charge in [0.2, 0.25) is 5.76 Å². The molecule has 1 heterocycles. The van der Waals surface area contributed by atoms with Crippen LogP contribution in [0.15, 0.2) is 22.7 Å². The number of hydrogen-bond donors (Lipinski definition) is 0. The van der Waals surface area contributed by atoms with Crippen molar-refractivity contribution in [2.24, 2.45) is 0 Å². The molecule has 9 heteroatoms. The molecule has 0 saturated heterocycles. The van der Waals surface area contributed by atoms with E-state index in [1.54, 1.807) is 18.2 Å². The van der Waals surface area contributed by atoms with Gasteiger partial charge in [-0.2, -0.15) is 0 Å². The van der Waals surface area contributed by atoms with Gasteiger partial charge in [-0.25, -0.2) is 0 Å². The molecular formula is C15H13N2O7-. The van der Waals surface area contributed by atoms with Gasteiger partial charge in [-0.1, -0.05) is 17.3 Å². The number of nitrogens with zero attached hydrogens (tertiary/aromatic N) is 2. The number of para-hydroxylation sites is 1.